The topological polar surface area (TPSA) is 51.5 Å². The highest BCUT2D eigenvalue weighted by Gasteiger charge is 2.22. The molecule has 2 rings (SSSR count). The highest BCUT2D eigenvalue weighted by atomic mass is 19.2. The van der Waals surface area contributed by atoms with E-state index in [9.17, 15) is 18.0 Å². The van der Waals surface area contributed by atoms with Crippen molar-refractivity contribution in [2.45, 2.75) is 6.04 Å². The van der Waals surface area contributed by atoms with E-state index in [1.165, 1.54) is 26.3 Å². The van der Waals surface area contributed by atoms with Crippen molar-refractivity contribution in [1.82, 2.24) is 5.32 Å². The fourth-order valence-electron chi connectivity index (χ4n) is 1.93. The van der Waals surface area contributed by atoms with Crippen LogP contribution in [-0.4, -0.2) is 20.1 Å². The Balaban J connectivity index is 2.40. The summed E-state index contributed by atoms with van der Waals surface area (Å²) in [5.41, 5.74) is 0.125. The van der Waals surface area contributed by atoms with Crippen LogP contribution in [0.3, 0.4) is 0 Å². The summed E-state index contributed by atoms with van der Waals surface area (Å²) in [6.45, 7) is 0. The molecular weight excluding hydrogens is 287 g/mol. The fraction of sp³-hybridized carbons (Fsp3) is 0.214. The third kappa shape index (κ3) is 2.92. The predicted molar refractivity (Wildman–Crippen MR) is 67.3 cm³/mol. The van der Waals surface area contributed by atoms with Crippen LogP contribution in [0.1, 0.15) is 27.9 Å². The lowest BCUT2D eigenvalue weighted by atomic mass is 10.0. The minimum atomic E-state index is -1.54. The van der Waals surface area contributed by atoms with Crippen LogP contribution >= 0.6 is 0 Å². The number of rotatable bonds is 4. The van der Waals surface area contributed by atoms with Crippen LogP contribution < -0.4 is 5.32 Å². The number of benzene rings is 1. The van der Waals surface area contributed by atoms with Gasteiger partial charge in [-0.25, -0.2) is 18.0 Å². The summed E-state index contributed by atoms with van der Waals surface area (Å²) in [7, 11) is 2.73. The van der Waals surface area contributed by atoms with Crippen molar-refractivity contribution in [2.24, 2.45) is 0 Å². The molecule has 0 fully saturated rings. The Hall–Kier alpha value is -2.28. The monoisotopic (exact) mass is 299 g/mol. The molecule has 0 radical (unpaired) electrons. The zero-order valence-corrected chi connectivity index (χ0v) is 11.2. The van der Waals surface area contributed by atoms with Crippen molar-refractivity contribution >= 4 is 5.97 Å². The van der Waals surface area contributed by atoms with Crippen LogP contribution in [0.15, 0.2) is 28.7 Å². The van der Waals surface area contributed by atoms with Gasteiger partial charge in [0.15, 0.2) is 17.5 Å². The number of carbonyl (C=O) groups excluding carboxylic acids is 1. The van der Waals surface area contributed by atoms with Gasteiger partial charge in [0.1, 0.15) is 5.76 Å². The van der Waals surface area contributed by atoms with Crippen LogP contribution in [0.4, 0.5) is 13.2 Å². The summed E-state index contributed by atoms with van der Waals surface area (Å²) in [5, 5.41) is 2.78. The van der Waals surface area contributed by atoms with Gasteiger partial charge in [0.2, 0.25) is 5.76 Å². The van der Waals surface area contributed by atoms with Gasteiger partial charge < -0.3 is 14.5 Å². The third-order valence-corrected chi connectivity index (χ3v) is 2.93. The first-order chi connectivity index (χ1) is 9.97. The highest BCUT2D eigenvalue weighted by molar-refractivity contribution is 5.86. The highest BCUT2D eigenvalue weighted by Crippen LogP contribution is 2.26. The quantitative estimate of drug-likeness (QED) is 0.697. The second-order valence-electron chi connectivity index (χ2n) is 4.21. The predicted octanol–water partition coefficient (Wildman–Crippen LogP) is 2.79. The molecule has 0 aliphatic heterocycles. The first-order valence-electron chi connectivity index (χ1n) is 5.97. The SMILES string of the molecule is CNC(c1cc(F)c(F)c(F)c1)c1ccc(C(=O)OC)o1. The number of carbonyl (C=O) groups is 1. The molecule has 0 amide bonds. The number of methoxy groups -OCH3 is 1. The minimum absolute atomic E-state index is 0.0456. The average molecular weight is 299 g/mol. The van der Waals surface area contributed by atoms with Crippen molar-refractivity contribution < 1.29 is 27.1 Å². The van der Waals surface area contributed by atoms with E-state index >= 15 is 0 Å². The molecule has 1 aromatic heterocycles. The number of hydrogen-bond donors (Lipinski definition) is 1. The third-order valence-electron chi connectivity index (χ3n) is 2.93. The molecule has 0 aliphatic carbocycles. The number of nitrogens with one attached hydrogen (secondary N) is 1. The first-order valence-corrected chi connectivity index (χ1v) is 5.97. The summed E-state index contributed by atoms with van der Waals surface area (Å²) >= 11 is 0. The van der Waals surface area contributed by atoms with Gasteiger partial charge >= 0.3 is 5.97 Å². The molecule has 0 saturated heterocycles. The molecule has 0 saturated carbocycles. The summed E-state index contributed by atoms with van der Waals surface area (Å²) in [4.78, 5) is 11.3. The molecule has 1 aromatic carbocycles. The Bertz CT molecular complexity index is 646. The van der Waals surface area contributed by atoms with Crippen LogP contribution in [0, 0.1) is 17.5 Å². The number of furan rings is 1. The number of esters is 1. The van der Waals surface area contributed by atoms with Gasteiger partial charge in [-0.1, -0.05) is 0 Å². The minimum Gasteiger partial charge on any atom is -0.463 e. The molecule has 7 heteroatoms. The average Bonchev–Trinajstić information content (AvgIpc) is 2.94. The second kappa shape index (κ2) is 6.01. The summed E-state index contributed by atoms with van der Waals surface area (Å²) in [6.07, 6.45) is 0. The van der Waals surface area contributed by atoms with Gasteiger partial charge in [0, 0.05) is 0 Å². The summed E-state index contributed by atoms with van der Waals surface area (Å²) in [6, 6.07) is 3.82. The van der Waals surface area contributed by atoms with Crippen molar-refractivity contribution in [3.05, 3.63) is 58.8 Å². The Morgan fingerprint density at radius 1 is 1.24 bits per heavy atom. The largest absolute Gasteiger partial charge is 0.463 e. The smallest absolute Gasteiger partial charge is 0.373 e. The molecule has 0 spiro atoms. The van der Waals surface area contributed by atoms with Gasteiger partial charge in [-0.15, -0.1) is 0 Å². The van der Waals surface area contributed by atoms with E-state index in [1.54, 1.807) is 0 Å². The van der Waals surface area contributed by atoms with Crippen LogP contribution in [0.2, 0.25) is 0 Å². The summed E-state index contributed by atoms with van der Waals surface area (Å²) in [5.74, 6) is -4.62. The molecule has 1 heterocycles. The molecular formula is C14H12F3NO3. The maximum Gasteiger partial charge on any atom is 0.373 e. The maximum absolute atomic E-state index is 13.3. The van der Waals surface area contributed by atoms with E-state index in [0.717, 1.165) is 12.1 Å². The Morgan fingerprint density at radius 2 is 1.86 bits per heavy atom. The number of hydrogen-bond acceptors (Lipinski definition) is 4. The van der Waals surface area contributed by atoms with Gasteiger partial charge in [-0.3, -0.25) is 0 Å². The zero-order valence-electron chi connectivity index (χ0n) is 11.2. The van der Waals surface area contributed by atoms with E-state index in [0.29, 0.717) is 0 Å². The zero-order chi connectivity index (χ0) is 15.6. The molecule has 1 atom stereocenters. The molecule has 0 aliphatic rings. The number of ether oxygens (including phenoxy) is 1. The lowest BCUT2D eigenvalue weighted by molar-refractivity contribution is 0.0562. The second-order valence-corrected chi connectivity index (χ2v) is 4.21. The molecule has 1 N–H and O–H groups in total. The molecule has 2 aromatic rings. The van der Waals surface area contributed by atoms with Crippen LogP contribution in [0.5, 0.6) is 0 Å². The van der Waals surface area contributed by atoms with E-state index < -0.39 is 29.5 Å². The normalized spacial score (nSPS) is 12.2. The van der Waals surface area contributed by atoms with E-state index in [1.807, 2.05) is 0 Å². The Labute approximate surface area is 118 Å². The van der Waals surface area contributed by atoms with Gasteiger partial charge in [-0.2, -0.15) is 0 Å². The van der Waals surface area contributed by atoms with Crippen LogP contribution in [-0.2, 0) is 4.74 Å². The van der Waals surface area contributed by atoms with Crippen molar-refractivity contribution in [2.75, 3.05) is 14.2 Å². The van der Waals surface area contributed by atoms with Gasteiger partial charge in [0.05, 0.1) is 13.2 Å². The van der Waals surface area contributed by atoms with E-state index in [2.05, 4.69) is 10.1 Å². The van der Waals surface area contributed by atoms with E-state index in [-0.39, 0.29) is 17.1 Å². The van der Waals surface area contributed by atoms with Crippen molar-refractivity contribution in [3.8, 4) is 0 Å². The Kier molecular flexibility index (Phi) is 4.32. The first kappa shape index (κ1) is 15.1. The van der Waals surface area contributed by atoms with Gasteiger partial charge in [0.25, 0.3) is 0 Å². The van der Waals surface area contributed by atoms with Crippen molar-refractivity contribution in [1.29, 1.82) is 0 Å². The standard InChI is InChI=1S/C14H12F3NO3/c1-18-13(7-5-8(15)12(17)9(16)6-7)10-3-4-11(21-10)14(19)20-2/h3-6,13,18H,1-2H3. The van der Waals surface area contributed by atoms with Crippen molar-refractivity contribution in [3.63, 3.8) is 0 Å². The molecule has 4 nitrogen and oxygen atoms in total. The lowest BCUT2D eigenvalue weighted by Crippen LogP contribution is -2.18. The van der Waals surface area contributed by atoms with Crippen LogP contribution in [0.25, 0.3) is 0 Å². The fourth-order valence-corrected chi connectivity index (χ4v) is 1.93. The van der Waals surface area contributed by atoms with E-state index in [4.69, 9.17) is 4.42 Å². The number of halogens is 3. The molecule has 0 bridgehead atoms. The van der Waals surface area contributed by atoms with Gasteiger partial charge in [-0.05, 0) is 36.9 Å². The Morgan fingerprint density at radius 3 is 2.38 bits per heavy atom. The summed E-state index contributed by atoms with van der Waals surface area (Å²) < 4.78 is 49.3. The molecule has 1 unspecified atom stereocenters. The molecule has 21 heavy (non-hydrogen) atoms. The molecule has 112 valence electrons. The maximum atomic E-state index is 13.3. The lowest BCUT2D eigenvalue weighted by Gasteiger charge is -2.14.